The van der Waals surface area contributed by atoms with Crippen LogP contribution < -0.4 is 11.1 Å². The van der Waals surface area contributed by atoms with Crippen LogP contribution in [0, 0.1) is 13.8 Å². The number of carbonyl (C=O) groups is 1. The van der Waals surface area contributed by atoms with E-state index in [4.69, 9.17) is 5.73 Å². The number of nitrogens with zero attached hydrogens (tertiary/aromatic N) is 3. The van der Waals surface area contributed by atoms with Crippen molar-refractivity contribution in [2.45, 2.75) is 59.2 Å². The van der Waals surface area contributed by atoms with Crippen molar-refractivity contribution < 1.29 is 9.90 Å². The summed E-state index contributed by atoms with van der Waals surface area (Å²) in [6.45, 7) is 10.3. The summed E-state index contributed by atoms with van der Waals surface area (Å²) in [6.07, 6.45) is 5.38. The molecule has 0 fully saturated rings. The maximum absolute atomic E-state index is 10.8. The van der Waals surface area contributed by atoms with E-state index in [1.807, 2.05) is 25.3 Å². The van der Waals surface area contributed by atoms with Crippen molar-refractivity contribution in [2.75, 3.05) is 13.1 Å². The zero-order chi connectivity index (χ0) is 21.4. The summed E-state index contributed by atoms with van der Waals surface area (Å²) in [5.74, 6) is 0. The van der Waals surface area contributed by atoms with E-state index in [1.54, 1.807) is 20.0 Å². The second-order valence-corrected chi connectivity index (χ2v) is 8.04. The smallest absolute Gasteiger partial charge is 0.312 e. The van der Waals surface area contributed by atoms with Crippen molar-refractivity contribution in [3.05, 3.63) is 58.7 Å². The van der Waals surface area contributed by atoms with Crippen molar-refractivity contribution in [3.63, 3.8) is 0 Å². The fourth-order valence-electron chi connectivity index (χ4n) is 3.34. The van der Waals surface area contributed by atoms with Crippen LogP contribution in [-0.4, -0.2) is 39.1 Å². The summed E-state index contributed by atoms with van der Waals surface area (Å²) in [7, 11) is 0. The van der Waals surface area contributed by atoms with Gasteiger partial charge >= 0.3 is 6.03 Å². The Kier molecular flexibility index (Phi) is 8.10. The molecule has 0 radical (unpaired) electrons. The average molecular weight is 400 g/mol. The van der Waals surface area contributed by atoms with Crippen molar-refractivity contribution >= 4 is 6.03 Å². The lowest BCUT2D eigenvalue weighted by Gasteiger charge is -2.26. The molecule has 29 heavy (non-hydrogen) atoms. The predicted molar refractivity (Wildman–Crippen MR) is 114 cm³/mol. The molecule has 0 bridgehead atoms. The van der Waals surface area contributed by atoms with Crippen LogP contribution in [0.1, 0.15) is 54.8 Å². The molecule has 7 nitrogen and oxygen atoms in total. The highest BCUT2D eigenvalue weighted by Crippen LogP contribution is 2.24. The van der Waals surface area contributed by atoms with Crippen LogP contribution in [0.5, 0.6) is 0 Å². The van der Waals surface area contributed by atoms with Gasteiger partial charge in [0.05, 0.1) is 17.0 Å². The van der Waals surface area contributed by atoms with E-state index in [2.05, 4.69) is 33.2 Å². The molecule has 0 saturated carbocycles. The van der Waals surface area contributed by atoms with E-state index in [0.717, 1.165) is 47.5 Å². The van der Waals surface area contributed by atoms with Gasteiger partial charge < -0.3 is 16.2 Å². The molecule has 0 aliphatic carbocycles. The third kappa shape index (κ3) is 7.44. The van der Waals surface area contributed by atoms with Crippen molar-refractivity contribution in [3.8, 4) is 0 Å². The zero-order valence-electron chi connectivity index (χ0n) is 17.9. The second-order valence-electron chi connectivity index (χ2n) is 8.04. The largest absolute Gasteiger partial charge is 0.386 e. The lowest BCUT2D eigenvalue weighted by atomic mass is 9.96. The molecule has 0 saturated heterocycles. The molecule has 0 atom stereocenters. The lowest BCUT2D eigenvalue weighted by Crippen LogP contribution is -2.31. The number of rotatable bonds is 10. The van der Waals surface area contributed by atoms with Crippen molar-refractivity contribution in [1.82, 2.24) is 20.2 Å². The minimum absolute atomic E-state index is 0.496. The van der Waals surface area contributed by atoms with Gasteiger partial charge in [-0.15, -0.1) is 0 Å². The summed E-state index contributed by atoms with van der Waals surface area (Å²) in [5, 5.41) is 13.1. The second kappa shape index (κ2) is 10.3. The van der Waals surface area contributed by atoms with Crippen LogP contribution in [0.2, 0.25) is 0 Å². The molecule has 0 unspecified atom stereocenters. The van der Waals surface area contributed by atoms with Crippen LogP contribution in [-0.2, 0) is 18.7 Å². The van der Waals surface area contributed by atoms with Crippen molar-refractivity contribution in [1.29, 1.82) is 0 Å². The molecule has 0 spiro atoms. The van der Waals surface area contributed by atoms with Gasteiger partial charge in [-0.3, -0.25) is 14.9 Å². The Morgan fingerprint density at radius 1 is 1.21 bits per heavy atom. The van der Waals surface area contributed by atoms with Gasteiger partial charge in [0.25, 0.3) is 0 Å². The van der Waals surface area contributed by atoms with Crippen LogP contribution >= 0.6 is 0 Å². The fourth-order valence-corrected chi connectivity index (χ4v) is 3.34. The van der Waals surface area contributed by atoms with E-state index in [9.17, 15) is 9.90 Å². The SMILES string of the molecule is Cc1cnc(CN(CCCCNC(N)=O)Cc2ncccc2C(C)(C)O)c(C)c1. The summed E-state index contributed by atoms with van der Waals surface area (Å²) < 4.78 is 0. The summed E-state index contributed by atoms with van der Waals surface area (Å²) in [4.78, 5) is 22.3. The molecule has 2 amide bonds. The number of nitrogens with two attached hydrogens (primary N) is 1. The molecule has 158 valence electrons. The van der Waals surface area contributed by atoms with Crippen LogP contribution in [0.3, 0.4) is 0 Å². The van der Waals surface area contributed by atoms with Crippen LogP contribution in [0.4, 0.5) is 4.79 Å². The Hall–Kier alpha value is -2.51. The number of unbranched alkanes of at least 4 members (excludes halogenated alkanes) is 1. The molecule has 0 aliphatic heterocycles. The standard InChI is InChI=1S/C22H33N5O2/c1-16-12-17(2)19(26-13-16)14-27(11-6-5-9-25-21(23)28)15-20-18(22(3,4)29)8-7-10-24-20/h7-8,10,12-13,29H,5-6,9,11,14-15H2,1-4H3,(H3,23,25,28). The topological polar surface area (TPSA) is 104 Å². The Bertz CT molecular complexity index is 817. The number of aliphatic hydroxyl groups is 1. The highest BCUT2D eigenvalue weighted by molar-refractivity contribution is 5.71. The normalized spacial score (nSPS) is 11.7. The van der Waals surface area contributed by atoms with Gasteiger partial charge in [0.2, 0.25) is 0 Å². The number of nitrogens with one attached hydrogen (secondary N) is 1. The highest BCUT2D eigenvalue weighted by atomic mass is 16.3. The Morgan fingerprint density at radius 2 is 1.93 bits per heavy atom. The summed E-state index contributed by atoms with van der Waals surface area (Å²) in [6, 6.07) is 5.42. The molecular weight excluding hydrogens is 366 g/mol. The van der Waals surface area contributed by atoms with Gasteiger partial charge in [-0.25, -0.2) is 4.79 Å². The van der Waals surface area contributed by atoms with Gasteiger partial charge in [-0.05, 0) is 64.3 Å². The molecular formula is C22H33N5O2. The average Bonchev–Trinajstić information content (AvgIpc) is 2.63. The Morgan fingerprint density at radius 3 is 2.59 bits per heavy atom. The number of primary amides is 1. The van der Waals surface area contributed by atoms with Crippen molar-refractivity contribution in [2.24, 2.45) is 5.73 Å². The number of hydrogen-bond donors (Lipinski definition) is 3. The molecule has 2 aromatic rings. The van der Waals surface area contributed by atoms with E-state index >= 15 is 0 Å². The number of pyridine rings is 2. The first-order chi connectivity index (χ1) is 13.7. The summed E-state index contributed by atoms with van der Waals surface area (Å²) in [5.41, 5.74) is 9.19. The van der Waals surface area contributed by atoms with E-state index in [-0.39, 0.29) is 0 Å². The zero-order valence-corrected chi connectivity index (χ0v) is 17.9. The predicted octanol–water partition coefficient (Wildman–Crippen LogP) is 2.77. The van der Waals surface area contributed by atoms with E-state index in [1.165, 1.54) is 0 Å². The maximum Gasteiger partial charge on any atom is 0.312 e. The number of aryl methyl sites for hydroxylation is 2. The molecule has 0 aromatic carbocycles. The fraction of sp³-hybridized carbons (Fsp3) is 0.500. The van der Waals surface area contributed by atoms with E-state index in [0.29, 0.717) is 19.6 Å². The number of hydrogen-bond acceptors (Lipinski definition) is 5. The third-order valence-electron chi connectivity index (χ3n) is 4.82. The van der Waals surface area contributed by atoms with Crippen LogP contribution in [0.25, 0.3) is 0 Å². The first-order valence-corrected chi connectivity index (χ1v) is 10.0. The monoisotopic (exact) mass is 399 g/mol. The highest BCUT2D eigenvalue weighted by Gasteiger charge is 2.22. The number of aromatic nitrogens is 2. The number of urea groups is 1. The first kappa shape index (κ1) is 22.8. The maximum atomic E-state index is 10.8. The van der Waals surface area contributed by atoms with E-state index < -0.39 is 11.6 Å². The number of carbonyl (C=O) groups excluding carboxylic acids is 1. The van der Waals surface area contributed by atoms with Gasteiger partial charge in [0, 0.05) is 37.6 Å². The molecule has 4 N–H and O–H groups in total. The van der Waals surface area contributed by atoms with Gasteiger partial charge in [0.15, 0.2) is 0 Å². The molecule has 2 rings (SSSR count). The van der Waals surface area contributed by atoms with Gasteiger partial charge in [-0.2, -0.15) is 0 Å². The number of amides is 2. The quantitative estimate of drug-likeness (QED) is 0.533. The molecule has 0 aliphatic rings. The Labute approximate surface area is 173 Å². The first-order valence-electron chi connectivity index (χ1n) is 10.0. The van der Waals surface area contributed by atoms with Gasteiger partial charge in [-0.1, -0.05) is 12.1 Å². The van der Waals surface area contributed by atoms with Crippen LogP contribution in [0.15, 0.2) is 30.6 Å². The molecule has 7 heteroatoms. The summed E-state index contributed by atoms with van der Waals surface area (Å²) >= 11 is 0. The van der Waals surface area contributed by atoms with Gasteiger partial charge in [0.1, 0.15) is 0 Å². The molecule has 2 aromatic heterocycles. The minimum Gasteiger partial charge on any atom is -0.386 e. The third-order valence-corrected chi connectivity index (χ3v) is 4.82. The Balaban J connectivity index is 2.15. The minimum atomic E-state index is -0.960. The lowest BCUT2D eigenvalue weighted by molar-refractivity contribution is 0.0758. The molecule has 2 heterocycles.